The van der Waals surface area contributed by atoms with E-state index in [9.17, 15) is 23.1 Å². The quantitative estimate of drug-likeness (QED) is 0.684. The molecule has 1 aromatic rings. The van der Waals surface area contributed by atoms with Crippen LogP contribution >= 0.6 is 0 Å². The number of hydrogen-bond acceptors (Lipinski definition) is 3. The van der Waals surface area contributed by atoms with Gasteiger partial charge in [-0.25, -0.2) is 18.0 Å². The minimum atomic E-state index is -1.51. The number of carbonyl (C=O) groups is 1. The van der Waals surface area contributed by atoms with Gasteiger partial charge in [0.15, 0.2) is 17.5 Å². The maximum atomic E-state index is 13.0. The van der Waals surface area contributed by atoms with Crippen molar-refractivity contribution in [2.45, 2.75) is 6.42 Å². The van der Waals surface area contributed by atoms with Crippen molar-refractivity contribution in [3.63, 3.8) is 0 Å². The monoisotopic (exact) mass is 318 g/mol. The molecule has 1 aliphatic rings. The van der Waals surface area contributed by atoms with Crippen LogP contribution in [-0.4, -0.2) is 44.0 Å². The molecular weight excluding hydrogens is 301 g/mol. The average Bonchev–Trinajstić information content (AvgIpc) is 2.44. The second-order valence-corrected chi connectivity index (χ2v) is 5.38. The average molecular weight is 318 g/mol. The fraction of sp³-hybridized carbons (Fsp3) is 0.500. The zero-order valence-corrected chi connectivity index (χ0v) is 11.8. The van der Waals surface area contributed by atoms with E-state index in [0.717, 1.165) is 12.1 Å². The van der Waals surface area contributed by atoms with Crippen molar-refractivity contribution < 1.29 is 27.8 Å². The van der Waals surface area contributed by atoms with E-state index in [-0.39, 0.29) is 31.7 Å². The fourth-order valence-electron chi connectivity index (χ4n) is 2.04. The second kappa shape index (κ2) is 6.97. The van der Waals surface area contributed by atoms with Gasteiger partial charge in [0.25, 0.3) is 0 Å². The molecule has 22 heavy (non-hydrogen) atoms. The van der Waals surface area contributed by atoms with E-state index in [1.807, 2.05) is 0 Å². The van der Waals surface area contributed by atoms with Crippen molar-refractivity contribution in [3.8, 4) is 0 Å². The summed E-state index contributed by atoms with van der Waals surface area (Å²) in [6.07, 6.45) is 0.162. The summed E-state index contributed by atoms with van der Waals surface area (Å²) in [5.74, 6) is -4.02. The highest BCUT2D eigenvalue weighted by Crippen LogP contribution is 2.25. The van der Waals surface area contributed by atoms with Gasteiger partial charge < -0.3 is 20.5 Å². The number of nitrogens with one attached hydrogen (secondary N) is 2. The molecule has 0 spiro atoms. The van der Waals surface area contributed by atoms with Crippen molar-refractivity contribution >= 4 is 6.03 Å². The van der Waals surface area contributed by atoms with E-state index in [4.69, 9.17) is 4.74 Å². The van der Waals surface area contributed by atoms with Crippen molar-refractivity contribution in [1.29, 1.82) is 0 Å². The molecule has 1 heterocycles. The molecule has 3 N–H and O–H groups in total. The summed E-state index contributed by atoms with van der Waals surface area (Å²) in [6, 6.07) is 1.33. The summed E-state index contributed by atoms with van der Waals surface area (Å²) >= 11 is 0. The van der Waals surface area contributed by atoms with Gasteiger partial charge in [0.1, 0.15) is 0 Å². The number of aliphatic hydroxyl groups is 1. The van der Waals surface area contributed by atoms with Crippen LogP contribution in [0.1, 0.15) is 5.56 Å². The lowest BCUT2D eigenvalue weighted by Crippen LogP contribution is -2.54. The molecule has 0 aliphatic carbocycles. The van der Waals surface area contributed by atoms with Gasteiger partial charge in [-0.2, -0.15) is 0 Å². The van der Waals surface area contributed by atoms with Gasteiger partial charge in [-0.05, 0) is 24.1 Å². The molecule has 1 saturated heterocycles. The number of rotatable bonds is 6. The minimum Gasteiger partial charge on any atom is -0.396 e. The molecule has 2 amide bonds. The van der Waals surface area contributed by atoms with E-state index in [1.54, 1.807) is 0 Å². The van der Waals surface area contributed by atoms with Crippen LogP contribution < -0.4 is 10.6 Å². The van der Waals surface area contributed by atoms with Gasteiger partial charge in [0, 0.05) is 13.1 Å². The number of benzene rings is 1. The largest absolute Gasteiger partial charge is 0.396 e. The standard InChI is InChI=1S/C14H17F3N2O3/c15-10-3-9(4-11(16)12(10)17)1-2-18-13(21)19-5-14(6-20)7-22-8-14/h3-4,20H,1-2,5-8H2,(H2,18,19,21). The molecule has 0 bridgehead atoms. The summed E-state index contributed by atoms with van der Waals surface area (Å²) < 4.78 is 43.8. The topological polar surface area (TPSA) is 70.6 Å². The van der Waals surface area contributed by atoms with Crippen LogP contribution in [0.2, 0.25) is 0 Å². The summed E-state index contributed by atoms with van der Waals surface area (Å²) in [4.78, 5) is 11.6. The number of urea groups is 1. The Morgan fingerprint density at radius 3 is 2.36 bits per heavy atom. The van der Waals surface area contributed by atoms with Crippen LogP contribution in [-0.2, 0) is 11.2 Å². The van der Waals surface area contributed by atoms with Crippen LogP contribution in [0, 0.1) is 22.9 Å². The molecule has 5 nitrogen and oxygen atoms in total. The molecule has 122 valence electrons. The predicted octanol–water partition coefficient (Wildman–Crippen LogP) is 0.955. The number of ether oxygens (including phenoxy) is 1. The number of halogens is 3. The third-order valence-electron chi connectivity index (χ3n) is 3.52. The van der Waals surface area contributed by atoms with E-state index < -0.39 is 28.9 Å². The highest BCUT2D eigenvalue weighted by Gasteiger charge is 2.38. The van der Waals surface area contributed by atoms with E-state index in [2.05, 4.69) is 10.6 Å². The molecular formula is C14H17F3N2O3. The Kier molecular flexibility index (Phi) is 5.25. The van der Waals surface area contributed by atoms with Gasteiger partial charge in [0.05, 0.1) is 25.2 Å². The third-order valence-corrected chi connectivity index (χ3v) is 3.52. The molecule has 0 aromatic heterocycles. The summed E-state index contributed by atoms with van der Waals surface area (Å²) in [5.41, 5.74) is -0.184. The van der Waals surface area contributed by atoms with Crippen molar-refractivity contribution in [3.05, 3.63) is 35.1 Å². The Labute approximate surface area is 125 Å². The summed E-state index contributed by atoms with van der Waals surface area (Å²) in [6.45, 7) is 1.10. The lowest BCUT2D eigenvalue weighted by molar-refractivity contribution is -0.132. The zero-order chi connectivity index (χ0) is 16.2. The second-order valence-electron chi connectivity index (χ2n) is 5.38. The Morgan fingerprint density at radius 2 is 1.86 bits per heavy atom. The zero-order valence-electron chi connectivity index (χ0n) is 11.8. The smallest absolute Gasteiger partial charge is 0.314 e. The molecule has 0 saturated carbocycles. The number of amides is 2. The third kappa shape index (κ3) is 3.89. The van der Waals surface area contributed by atoms with Crippen molar-refractivity contribution in [2.24, 2.45) is 5.41 Å². The van der Waals surface area contributed by atoms with E-state index in [0.29, 0.717) is 13.2 Å². The Morgan fingerprint density at radius 1 is 1.23 bits per heavy atom. The molecule has 2 rings (SSSR count). The van der Waals surface area contributed by atoms with Crippen LogP contribution in [0.3, 0.4) is 0 Å². The molecule has 8 heteroatoms. The number of hydrogen-bond donors (Lipinski definition) is 3. The SMILES string of the molecule is O=C(NCCc1cc(F)c(F)c(F)c1)NCC1(CO)COC1. The van der Waals surface area contributed by atoms with Crippen LogP contribution in [0.15, 0.2) is 12.1 Å². The van der Waals surface area contributed by atoms with Crippen LogP contribution in [0.4, 0.5) is 18.0 Å². The highest BCUT2D eigenvalue weighted by atomic mass is 19.2. The predicted molar refractivity (Wildman–Crippen MR) is 71.8 cm³/mol. The molecule has 0 radical (unpaired) electrons. The lowest BCUT2D eigenvalue weighted by Gasteiger charge is -2.39. The van der Waals surface area contributed by atoms with Crippen molar-refractivity contribution in [1.82, 2.24) is 10.6 Å². The fourth-order valence-corrected chi connectivity index (χ4v) is 2.04. The summed E-state index contributed by atoms with van der Waals surface area (Å²) in [5, 5.41) is 14.3. The van der Waals surface area contributed by atoms with E-state index >= 15 is 0 Å². The first-order valence-electron chi connectivity index (χ1n) is 6.79. The van der Waals surface area contributed by atoms with Gasteiger partial charge in [-0.3, -0.25) is 0 Å². The first-order chi connectivity index (χ1) is 10.5. The molecule has 1 aromatic carbocycles. The number of carbonyl (C=O) groups excluding carboxylic acids is 1. The first kappa shape index (κ1) is 16.6. The van der Waals surface area contributed by atoms with Gasteiger partial charge in [-0.1, -0.05) is 0 Å². The Balaban J connectivity index is 1.73. The minimum absolute atomic E-state index is 0.0819. The van der Waals surface area contributed by atoms with Crippen LogP contribution in [0.5, 0.6) is 0 Å². The van der Waals surface area contributed by atoms with Crippen molar-refractivity contribution in [2.75, 3.05) is 32.9 Å². The molecule has 0 atom stereocenters. The lowest BCUT2D eigenvalue weighted by atomic mass is 9.87. The van der Waals surface area contributed by atoms with E-state index in [1.165, 1.54) is 0 Å². The van der Waals surface area contributed by atoms with Gasteiger partial charge in [0.2, 0.25) is 0 Å². The van der Waals surface area contributed by atoms with Gasteiger partial charge >= 0.3 is 6.03 Å². The van der Waals surface area contributed by atoms with Gasteiger partial charge in [-0.15, -0.1) is 0 Å². The highest BCUT2D eigenvalue weighted by molar-refractivity contribution is 5.73. The van der Waals surface area contributed by atoms with Crippen LogP contribution in [0.25, 0.3) is 0 Å². The molecule has 1 fully saturated rings. The maximum Gasteiger partial charge on any atom is 0.314 e. The Hall–Kier alpha value is -1.80. The Bertz CT molecular complexity index is 522. The maximum absolute atomic E-state index is 13.0. The molecule has 1 aliphatic heterocycles. The normalized spacial score (nSPS) is 16.0. The summed E-state index contributed by atoms with van der Waals surface area (Å²) in [7, 11) is 0. The number of aliphatic hydroxyl groups excluding tert-OH is 1. The first-order valence-corrected chi connectivity index (χ1v) is 6.79. The molecule has 0 unspecified atom stereocenters.